The van der Waals surface area contributed by atoms with E-state index in [0.29, 0.717) is 12.8 Å². The Labute approximate surface area is 103 Å². The SMILES string of the molecule is CCC(Cc1ccc(OC(F)(F)F)cc1)B(O)O. The van der Waals surface area contributed by atoms with Crippen LogP contribution in [-0.2, 0) is 6.42 Å². The lowest BCUT2D eigenvalue weighted by Gasteiger charge is -2.14. The summed E-state index contributed by atoms with van der Waals surface area (Å²) >= 11 is 0. The van der Waals surface area contributed by atoms with Crippen molar-refractivity contribution in [1.82, 2.24) is 0 Å². The minimum atomic E-state index is -4.70. The molecule has 1 atom stereocenters. The molecule has 3 nitrogen and oxygen atoms in total. The molecule has 0 bridgehead atoms. The van der Waals surface area contributed by atoms with Crippen LogP contribution in [0.5, 0.6) is 5.75 Å². The third kappa shape index (κ3) is 4.97. The summed E-state index contributed by atoms with van der Waals surface area (Å²) in [6, 6.07) is 5.37. The van der Waals surface area contributed by atoms with Gasteiger partial charge in [0, 0.05) is 0 Å². The van der Waals surface area contributed by atoms with Crippen molar-refractivity contribution in [2.24, 2.45) is 0 Å². The van der Waals surface area contributed by atoms with Crippen LogP contribution in [0.25, 0.3) is 0 Å². The highest BCUT2D eigenvalue weighted by Gasteiger charge is 2.31. The third-order valence-electron chi connectivity index (χ3n) is 2.60. The van der Waals surface area contributed by atoms with Crippen molar-refractivity contribution in [3.63, 3.8) is 0 Å². The first-order chi connectivity index (χ1) is 8.31. The number of hydrogen-bond acceptors (Lipinski definition) is 3. The molecule has 100 valence electrons. The van der Waals surface area contributed by atoms with E-state index >= 15 is 0 Å². The average molecular weight is 262 g/mol. The van der Waals surface area contributed by atoms with Gasteiger partial charge in [-0.3, -0.25) is 0 Å². The molecule has 0 aliphatic rings. The zero-order chi connectivity index (χ0) is 13.8. The largest absolute Gasteiger partial charge is 0.573 e. The van der Waals surface area contributed by atoms with Gasteiger partial charge in [0.1, 0.15) is 5.75 Å². The Bertz CT molecular complexity index is 365. The van der Waals surface area contributed by atoms with Crippen molar-refractivity contribution in [3.05, 3.63) is 29.8 Å². The summed E-state index contributed by atoms with van der Waals surface area (Å²) in [5, 5.41) is 18.1. The van der Waals surface area contributed by atoms with Gasteiger partial charge in [-0.15, -0.1) is 13.2 Å². The fourth-order valence-electron chi connectivity index (χ4n) is 1.59. The highest BCUT2D eigenvalue weighted by Crippen LogP contribution is 2.25. The van der Waals surface area contributed by atoms with E-state index in [1.165, 1.54) is 24.3 Å². The van der Waals surface area contributed by atoms with E-state index in [2.05, 4.69) is 4.74 Å². The van der Waals surface area contributed by atoms with E-state index in [-0.39, 0.29) is 11.6 Å². The van der Waals surface area contributed by atoms with Gasteiger partial charge in [0.15, 0.2) is 0 Å². The predicted molar refractivity (Wildman–Crippen MR) is 61.1 cm³/mol. The van der Waals surface area contributed by atoms with Crippen LogP contribution in [0, 0.1) is 0 Å². The van der Waals surface area contributed by atoms with Gasteiger partial charge in [-0.2, -0.15) is 0 Å². The number of ether oxygens (including phenoxy) is 1. The molecule has 0 aromatic heterocycles. The van der Waals surface area contributed by atoms with Gasteiger partial charge < -0.3 is 14.8 Å². The van der Waals surface area contributed by atoms with Crippen LogP contribution < -0.4 is 4.74 Å². The second-order valence-electron chi connectivity index (χ2n) is 3.98. The molecule has 0 saturated carbocycles. The Morgan fingerprint density at radius 3 is 2.17 bits per heavy atom. The van der Waals surface area contributed by atoms with Crippen LogP contribution in [0.4, 0.5) is 13.2 Å². The maximum absolute atomic E-state index is 11.9. The first-order valence-electron chi connectivity index (χ1n) is 5.52. The average Bonchev–Trinajstić information content (AvgIpc) is 2.25. The molecule has 7 heteroatoms. The Balaban J connectivity index is 2.65. The highest BCUT2D eigenvalue weighted by molar-refractivity contribution is 6.43. The third-order valence-corrected chi connectivity index (χ3v) is 2.60. The van der Waals surface area contributed by atoms with Gasteiger partial charge in [0.05, 0.1) is 0 Å². The summed E-state index contributed by atoms with van der Waals surface area (Å²) in [5.41, 5.74) is 0.726. The van der Waals surface area contributed by atoms with Crippen LogP contribution in [0.1, 0.15) is 18.9 Å². The van der Waals surface area contributed by atoms with Gasteiger partial charge in [-0.05, 0) is 29.9 Å². The molecule has 0 heterocycles. The first-order valence-corrected chi connectivity index (χ1v) is 5.52. The zero-order valence-electron chi connectivity index (χ0n) is 9.81. The fourth-order valence-corrected chi connectivity index (χ4v) is 1.59. The Kier molecular flexibility index (Phi) is 5.04. The van der Waals surface area contributed by atoms with Crippen LogP contribution in [0.15, 0.2) is 24.3 Å². The van der Waals surface area contributed by atoms with Gasteiger partial charge in [-0.1, -0.05) is 25.5 Å². The number of alkyl halides is 3. The van der Waals surface area contributed by atoms with Gasteiger partial charge >= 0.3 is 13.5 Å². The second kappa shape index (κ2) is 6.11. The van der Waals surface area contributed by atoms with Crippen molar-refractivity contribution in [1.29, 1.82) is 0 Å². The smallest absolute Gasteiger partial charge is 0.427 e. The summed E-state index contributed by atoms with van der Waals surface area (Å²) in [7, 11) is -1.43. The maximum Gasteiger partial charge on any atom is 0.573 e. The first kappa shape index (κ1) is 14.9. The summed E-state index contributed by atoms with van der Waals surface area (Å²) in [5.74, 6) is -0.622. The van der Waals surface area contributed by atoms with E-state index < -0.39 is 13.5 Å². The molecule has 1 aromatic carbocycles. The van der Waals surface area contributed by atoms with Crippen molar-refractivity contribution < 1.29 is 28.0 Å². The van der Waals surface area contributed by atoms with E-state index in [0.717, 1.165) is 5.56 Å². The van der Waals surface area contributed by atoms with Crippen molar-refractivity contribution in [2.45, 2.75) is 31.9 Å². The van der Waals surface area contributed by atoms with Crippen molar-refractivity contribution >= 4 is 7.12 Å². The summed E-state index contributed by atoms with van der Waals surface area (Å²) < 4.78 is 39.5. The van der Waals surface area contributed by atoms with E-state index in [9.17, 15) is 13.2 Å². The molecule has 0 fully saturated rings. The standard InChI is InChI=1S/C11H14BF3O3/c1-2-9(12(16)17)7-8-3-5-10(6-4-8)18-11(13,14)15/h3-6,9,16-17H,2,7H2,1H3. The molecule has 0 radical (unpaired) electrons. The Morgan fingerprint density at radius 2 is 1.78 bits per heavy atom. The second-order valence-corrected chi connectivity index (χ2v) is 3.98. The summed E-state index contributed by atoms with van der Waals surface area (Å²) in [6.07, 6.45) is -3.74. The van der Waals surface area contributed by atoms with Gasteiger partial charge in [-0.25, -0.2) is 0 Å². The quantitative estimate of drug-likeness (QED) is 0.801. The van der Waals surface area contributed by atoms with Crippen molar-refractivity contribution in [3.8, 4) is 5.75 Å². The topological polar surface area (TPSA) is 49.7 Å². The van der Waals surface area contributed by atoms with E-state index in [1.807, 2.05) is 6.92 Å². The molecule has 0 saturated heterocycles. The number of rotatable bonds is 5. The monoisotopic (exact) mass is 262 g/mol. The minimum Gasteiger partial charge on any atom is -0.427 e. The number of benzene rings is 1. The number of halogens is 3. The normalized spacial score (nSPS) is 13.2. The van der Waals surface area contributed by atoms with Crippen LogP contribution >= 0.6 is 0 Å². The highest BCUT2D eigenvalue weighted by atomic mass is 19.4. The molecule has 1 unspecified atom stereocenters. The van der Waals surface area contributed by atoms with Crippen LogP contribution in [-0.4, -0.2) is 23.5 Å². The van der Waals surface area contributed by atoms with Crippen molar-refractivity contribution in [2.75, 3.05) is 0 Å². The molecule has 0 spiro atoms. The molecule has 1 rings (SSSR count). The van der Waals surface area contributed by atoms with E-state index in [1.54, 1.807) is 0 Å². The maximum atomic E-state index is 11.9. The fraction of sp³-hybridized carbons (Fsp3) is 0.455. The minimum absolute atomic E-state index is 0.288. The lowest BCUT2D eigenvalue weighted by atomic mass is 9.68. The molecule has 1 aromatic rings. The molecule has 2 N–H and O–H groups in total. The van der Waals surface area contributed by atoms with Gasteiger partial charge in [0.2, 0.25) is 0 Å². The molecule has 0 aliphatic heterocycles. The van der Waals surface area contributed by atoms with Crippen LogP contribution in [0.2, 0.25) is 5.82 Å². The number of hydrogen-bond donors (Lipinski definition) is 2. The van der Waals surface area contributed by atoms with E-state index in [4.69, 9.17) is 10.0 Å². The Morgan fingerprint density at radius 1 is 1.22 bits per heavy atom. The predicted octanol–water partition coefficient (Wildman–Crippen LogP) is 2.38. The zero-order valence-corrected chi connectivity index (χ0v) is 9.81. The lowest BCUT2D eigenvalue weighted by Crippen LogP contribution is -2.21. The Hall–Kier alpha value is -1.21. The molecular weight excluding hydrogens is 248 g/mol. The molecule has 0 aliphatic carbocycles. The molecule has 0 amide bonds. The molecular formula is C11H14BF3O3. The van der Waals surface area contributed by atoms with Gasteiger partial charge in [0.25, 0.3) is 0 Å². The summed E-state index contributed by atoms with van der Waals surface area (Å²) in [6.45, 7) is 1.81. The lowest BCUT2D eigenvalue weighted by molar-refractivity contribution is -0.274. The van der Waals surface area contributed by atoms with Crippen LogP contribution in [0.3, 0.4) is 0 Å². The summed E-state index contributed by atoms with van der Waals surface area (Å²) in [4.78, 5) is 0. The molecule has 18 heavy (non-hydrogen) atoms.